The molecule has 1 aromatic rings. The molecule has 1 rings (SSSR count). The highest BCUT2D eigenvalue weighted by molar-refractivity contribution is 8.13. The topological polar surface area (TPSA) is 17.1 Å². The van der Waals surface area contributed by atoms with Crippen molar-refractivity contribution in [1.82, 2.24) is 0 Å². The fraction of sp³-hybridized carbons (Fsp3) is 0.222. The molecule has 0 aromatic heterocycles. The minimum atomic E-state index is 0.205. The number of thioether (sulfide) groups is 1. The van der Waals surface area contributed by atoms with Gasteiger partial charge in [0.05, 0.1) is 0 Å². The van der Waals surface area contributed by atoms with Gasteiger partial charge in [0.2, 0.25) is 0 Å². The van der Waals surface area contributed by atoms with Gasteiger partial charge in [-0.25, -0.2) is 0 Å². The Morgan fingerprint density at radius 2 is 2.18 bits per heavy atom. The Hall–Kier alpha value is -0.760. The Bertz CT molecular complexity index is 231. The minimum absolute atomic E-state index is 0.205. The first-order valence-electron chi connectivity index (χ1n) is 3.49. The van der Waals surface area contributed by atoms with Crippen molar-refractivity contribution < 1.29 is 4.79 Å². The number of hydrogen-bond acceptors (Lipinski definition) is 2. The summed E-state index contributed by atoms with van der Waals surface area (Å²) in [6.07, 6.45) is 0.587. The zero-order chi connectivity index (χ0) is 8.10. The summed E-state index contributed by atoms with van der Waals surface area (Å²) in [6, 6.07) is 10.3. The summed E-state index contributed by atoms with van der Waals surface area (Å²) in [5, 5.41) is 0.205. The van der Waals surface area contributed by atoms with E-state index in [9.17, 15) is 4.79 Å². The van der Waals surface area contributed by atoms with E-state index >= 15 is 0 Å². The van der Waals surface area contributed by atoms with E-state index in [0.29, 0.717) is 6.42 Å². The van der Waals surface area contributed by atoms with Crippen LogP contribution in [0.5, 0.6) is 0 Å². The summed E-state index contributed by atoms with van der Waals surface area (Å²) >= 11 is 1.28. The molecular weight excluding hydrogens is 156 g/mol. The standard InChI is InChI=1S/C9H9OS/c1-2-9(10)11-8-6-4-3-5-7-8/h4-7H,2H2,1H3. The molecule has 0 bridgehead atoms. The third-order valence-electron chi connectivity index (χ3n) is 1.21. The van der Waals surface area contributed by atoms with Gasteiger partial charge < -0.3 is 0 Å². The number of benzene rings is 1. The number of hydrogen-bond donors (Lipinski definition) is 0. The fourth-order valence-electron chi connectivity index (χ4n) is 0.643. The Morgan fingerprint density at radius 3 is 2.73 bits per heavy atom. The maximum Gasteiger partial charge on any atom is 0.193 e. The van der Waals surface area contributed by atoms with E-state index in [4.69, 9.17) is 0 Å². The Morgan fingerprint density at radius 1 is 1.55 bits per heavy atom. The molecule has 0 spiro atoms. The monoisotopic (exact) mass is 165 g/mol. The van der Waals surface area contributed by atoms with E-state index in [1.165, 1.54) is 11.8 Å². The largest absolute Gasteiger partial charge is 0.287 e. The van der Waals surface area contributed by atoms with E-state index in [1.807, 2.05) is 31.2 Å². The molecule has 0 aliphatic carbocycles. The van der Waals surface area contributed by atoms with E-state index < -0.39 is 0 Å². The van der Waals surface area contributed by atoms with E-state index in [1.54, 1.807) is 0 Å². The molecular formula is C9H9OS. The maximum atomic E-state index is 10.9. The van der Waals surface area contributed by atoms with Crippen molar-refractivity contribution in [3.8, 4) is 0 Å². The predicted molar refractivity (Wildman–Crippen MR) is 46.4 cm³/mol. The molecule has 0 aliphatic rings. The number of carbonyl (C=O) groups is 1. The van der Waals surface area contributed by atoms with E-state index in [-0.39, 0.29) is 5.12 Å². The lowest BCUT2D eigenvalue weighted by Gasteiger charge is -1.95. The number of carbonyl (C=O) groups excluding carboxylic acids is 1. The lowest BCUT2D eigenvalue weighted by atomic mass is 10.4. The second-order valence-electron chi connectivity index (χ2n) is 2.06. The molecule has 0 saturated heterocycles. The first kappa shape index (κ1) is 8.34. The minimum Gasteiger partial charge on any atom is -0.287 e. The van der Waals surface area contributed by atoms with Gasteiger partial charge in [-0.15, -0.1) is 0 Å². The molecule has 0 heterocycles. The first-order valence-corrected chi connectivity index (χ1v) is 4.31. The fourth-order valence-corrected chi connectivity index (χ4v) is 1.32. The zero-order valence-electron chi connectivity index (χ0n) is 6.33. The summed E-state index contributed by atoms with van der Waals surface area (Å²) in [6.45, 7) is 1.87. The van der Waals surface area contributed by atoms with Crippen LogP contribution in [0.2, 0.25) is 0 Å². The van der Waals surface area contributed by atoms with Crippen molar-refractivity contribution in [1.29, 1.82) is 0 Å². The summed E-state index contributed by atoms with van der Waals surface area (Å²) in [4.78, 5) is 11.9. The lowest BCUT2D eigenvalue weighted by Crippen LogP contribution is -1.85. The summed E-state index contributed by atoms with van der Waals surface area (Å²) in [5.74, 6) is 0. The Labute approximate surface area is 70.8 Å². The highest BCUT2D eigenvalue weighted by Gasteiger charge is 1.99. The SMILES string of the molecule is CCC(=O)Sc1cc[c]cc1. The molecule has 1 radical (unpaired) electrons. The molecule has 0 N–H and O–H groups in total. The first-order chi connectivity index (χ1) is 5.33. The van der Waals surface area contributed by atoms with Crippen LogP contribution in [0.3, 0.4) is 0 Å². The normalized spacial score (nSPS) is 9.55. The van der Waals surface area contributed by atoms with Gasteiger partial charge in [-0.2, -0.15) is 0 Å². The van der Waals surface area contributed by atoms with Crippen molar-refractivity contribution in [3.05, 3.63) is 30.3 Å². The third kappa shape index (κ3) is 2.76. The van der Waals surface area contributed by atoms with Crippen LogP contribution in [0.15, 0.2) is 29.2 Å². The molecule has 1 aromatic carbocycles. The molecule has 0 fully saturated rings. The van der Waals surface area contributed by atoms with Crippen LogP contribution in [0.1, 0.15) is 13.3 Å². The van der Waals surface area contributed by atoms with Crippen LogP contribution in [0.25, 0.3) is 0 Å². The van der Waals surface area contributed by atoms with E-state index in [2.05, 4.69) is 6.07 Å². The molecule has 1 nitrogen and oxygen atoms in total. The van der Waals surface area contributed by atoms with Crippen LogP contribution in [0, 0.1) is 6.07 Å². The highest BCUT2D eigenvalue weighted by atomic mass is 32.2. The van der Waals surface area contributed by atoms with Crippen LogP contribution >= 0.6 is 11.8 Å². The quantitative estimate of drug-likeness (QED) is 0.626. The average Bonchev–Trinajstić information content (AvgIpc) is 2.06. The lowest BCUT2D eigenvalue weighted by molar-refractivity contribution is -0.110. The Balaban J connectivity index is 2.58. The van der Waals surface area contributed by atoms with Crippen molar-refractivity contribution >= 4 is 16.9 Å². The molecule has 0 amide bonds. The van der Waals surface area contributed by atoms with Gasteiger partial charge in [-0.05, 0) is 18.2 Å². The van der Waals surface area contributed by atoms with Gasteiger partial charge in [-0.3, -0.25) is 4.79 Å². The second kappa shape index (κ2) is 4.19. The average molecular weight is 165 g/mol. The van der Waals surface area contributed by atoms with E-state index in [0.717, 1.165) is 4.90 Å². The van der Waals surface area contributed by atoms with Crippen molar-refractivity contribution in [3.63, 3.8) is 0 Å². The smallest absolute Gasteiger partial charge is 0.193 e. The van der Waals surface area contributed by atoms with Gasteiger partial charge in [0, 0.05) is 11.3 Å². The predicted octanol–water partition coefficient (Wildman–Crippen LogP) is 2.52. The van der Waals surface area contributed by atoms with Crippen molar-refractivity contribution in [2.45, 2.75) is 18.2 Å². The van der Waals surface area contributed by atoms with Gasteiger partial charge in [0.1, 0.15) is 0 Å². The molecule has 0 aliphatic heterocycles. The molecule has 11 heavy (non-hydrogen) atoms. The molecule has 2 heteroatoms. The van der Waals surface area contributed by atoms with Crippen LogP contribution < -0.4 is 0 Å². The van der Waals surface area contributed by atoms with Gasteiger partial charge >= 0.3 is 0 Å². The van der Waals surface area contributed by atoms with Gasteiger partial charge in [-0.1, -0.05) is 30.8 Å². The van der Waals surface area contributed by atoms with Gasteiger partial charge in [0.25, 0.3) is 0 Å². The second-order valence-corrected chi connectivity index (χ2v) is 3.19. The van der Waals surface area contributed by atoms with Crippen LogP contribution in [-0.2, 0) is 4.79 Å². The Kier molecular flexibility index (Phi) is 3.17. The van der Waals surface area contributed by atoms with Gasteiger partial charge in [0.15, 0.2) is 5.12 Å². The molecule has 0 atom stereocenters. The molecule has 0 unspecified atom stereocenters. The van der Waals surface area contributed by atoms with Crippen molar-refractivity contribution in [2.24, 2.45) is 0 Å². The molecule has 57 valence electrons. The maximum absolute atomic E-state index is 10.9. The zero-order valence-corrected chi connectivity index (χ0v) is 7.15. The summed E-state index contributed by atoms with van der Waals surface area (Å²) in [5.41, 5.74) is 0. The van der Waals surface area contributed by atoms with Crippen LogP contribution in [-0.4, -0.2) is 5.12 Å². The summed E-state index contributed by atoms with van der Waals surface area (Å²) < 4.78 is 0. The van der Waals surface area contributed by atoms with Crippen molar-refractivity contribution in [2.75, 3.05) is 0 Å². The number of rotatable bonds is 2. The summed E-state index contributed by atoms with van der Waals surface area (Å²) in [7, 11) is 0. The third-order valence-corrected chi connectivity index (χ3v) is 2.23. The highest BCUT2D eigenvalue weighted by Crippen LogP contribution is 2.18. The molecule has 0 saturated carbocycles. The van der Waals surface area contributed by atoms with Crippen LogP contribution in [0.4, 0.5) is 0 Å².